The quantitative estimate of drug-likeness (QED) is 0.884. The number of nitrogens with one attached hydrogen (secondary N) is 2. The van der Waals surface area contributed by atoms with Gasteiger partial charge in [0.25, 0.3) is 0 Å². The third-order valence-electron chi connectivity index (χ3n) is 3.05. The Morgan fingerprint density at radius 2 is 2.11 bits per heavy atom. The summed E-state index contributed by atoms with van der Waals surface area (Å²) in [6.07, 6.45) is 0.253. The van der Waals surface area contributed by atoms with Crippen molar-refractivity contribution in [1.29, 1.82) is 0 Å². The van der Waals surface area contributed by atoms with Gasteiger partial charge in [-0.3, -0.25) is 9.89 Å². The van der Waals surface area contributed by atoms with Gasteiger partial charge in [-0.25, -0.2) is 4.39 Å². The van der Waals surface area contributed by atoms with Crippen LogP contribution >= 0.6 is 0 Å². The van der Waals surface area contributed by atoms with Gasteiger partial charge in [0.1, 0.15) is 5.82 Å². The van der Waals surface area contributed by atoms with Gasteiger partial charge in [-0.1, -0.05) is 18.2 Å². The van der Waals surface area contributed by atoms with Crippen LogP contribution in [-0.4, -0.2) is 16.1 Å². The predicted molar refractivity (Wildman–Crippen MR) is 70.0 cm³/mol. The van der Waals surface area contributed by atoms with Gasteiger partial charge in [-0.15, -0.1) is 0 Å². The second-order valence-electron chi connectivity index (χ2n) is 4.46. The van der Waals surface area contributed by atoms with E-state index in [1.54, 1.807) is 18.2 Å². The summed E-state index contributed by atoms with van der Waals surface area (Å²) in [6.45, 7) is 3.92. The predicted octanol–water partition coefficient (Wildman–Crippen LogP) is 2.02. The maximum Gasteiger partial charge on any atom is 0.224 e. The van der Waals surface area contributed by atoms with Crippen LogP contribution in [0.15, 0.2) is 24.3 Å². The molecule has 19 heavy (non-hydrogen) atoms. The van der Waals surface area contributed by atoms with Crippen molar-refractivity contribution in [3.05, 3.63) is 52.6 Å². The molecule has 0 aliphatic heterocycles. The molecule has 100 valence electrons. The summed E-state index contributed by atoms with van der Waals surface area (Å²) in [4.78, 5) is 11.8. The molecule has 1 amide bonds. The van der Waals surface area contributed by atoms with E-state index in [0.717, 1.165) is 17.0 Å². The summed E-state index contributed by atoms with van der Waals surface area (Å²) in [7, 11) is 0. The molecule has 2 N–H and O–H groups in total. The first-order valence-corrected chi connectivity index (χ1v) is 6.08. The van der Waals surface area contributed by atoms with Crippen molar-refractivity contribution >= 4 is 5.91 Å². The number of benzene rings is 1. The number of aromatic nitrogens is 2. The van der Waals surface area contributed by atoms with E-state index in [1.807, 2.05) is 13.8 Å². The molecule has 0 atom stereocenters. The fourth-order valence-corrected chi connectivity index (χ4v) is 1.89. The summed E-state index contributed by atoms with van der Waals surface area (Å²) in [5.74, 6) is -0.450. The largest absolute Gasteiger partial charge is 0.352 e. The monoisotopic (exact) mass is 261 g/mol. The summed E-state index contributed by atoms with van der Waals surface area (Å²) >= 11 is 0. The maximum atomic E-state index is 13.4. The van der Waals surface area contributed by atoms with Crippen LogP contribution in [0.4, 0.5) is 4.39 Å². The molecule has 0 aliphatic carbocycles. The van der Waals surface area contributed by atoms with Crippen molar-refractivity contribution in [1.82, 2.24) is 15.5 Å². The summed E-state index contributed by atoms with van der Waals surface area (Å²) in [5.41, 5.74) is 3.08. The smallest absolute Gasteiger partial charge is 0.224 e. The normalized spacial score (nSPS) is 10.5. The molecule has 0 saturated heterocycles. The highest BCUT2D eigenvalue weighted by Gasteiger charge is 2.11. The molecular formula is C14H16FN3O. The first-order valence-electron chi connectivity index (χ1n) is 6.08. The fraction of sp³-hybridized carbons (Fsp3) is 0.286. The van der Waals surface area contributed by atoms with Gasteiger partial charge in [0.05, 0.1) is 12.1 Å². The van der Waals surface area contributed by atoms with Crippen LogP contribution in [0.2, 0.25) is 0 Å². The topological polar surface area (TPSA) is 57.8 Å². The molecular weight excluding hydrogens is 245 g/mol. The molecule has 5 heteroatoms. The van der Waals surface area contributed by atoms with Crippen LogP contribution < -0.4 is 5.32 Å². The number of hydrogen-bond acceptors (Lipinski definition) is 2. The molecule has 2 aromatic rings. The zero-order chi connectivity index (χ0) is 13.8. The highest BCUT2D eigenvalue weighted by Crippen LogP contribution is 2.10. The molecule has 2 rings (SSSR count). The minimum atomic E-state index is -0.307. The van der Waals surface area contributed by atoms with Crippen LogP contribution in [-0.2, 0) is 17.8 Å². The van der Waals surface area contributed by atoms with Crippen LogP contribution in [0.1, 0.15) is 22.5 Å². The van der Waals surface area contributed by atoms with E-state index < -0.39 is 0 Å². The molecule has 0 saturated carbocycles. The van der Waals surface area contributed by atoms with Crippen molar-refractivity contribution in [2.24, 2.45) is 0 Å². The number of nitrogens with zero attached hydrogens (tertiary/aromatic N) is 1. The number of amides is 1. The van der Waals surface area contributed by atoms with E-state index in [2.05, 4.69) is 15.5 Å². The number of aryl methyl sites for hydroxylation is 2. The lowest BCUT2D eigenvalue weighted by atomic mass is 10.1. The Hall–Kier alpha value is -2.17. The minimum Gasteiger partial charge on any atom is -0.352 e. The molecule has 0 radical (unpaired) electrons. The highest BCUT2D eigenvalue weighted by molar-refractivity contribution is 5.79. The Labute approximate surface area is 111 Å². The number of aromatic amines is 1. The van der Waals surface area contributed by atoms with Gasteiger partial charge in [-0.2, -0.15) is 5.10 Å². The van der Waals surface area contributed by atoms with E-state index >= 15 is 0 Å². The molecule has 1 aromatic heterocycles. The Morgan fingerprint density at radius 3 is 2.74 bits per heavy atom. The van der Waals surface area contributed by atoms with Gasteiger partial charge < -0.3 is 5.32 Å². The number of carbonyl (C=O) groups is 1. The van der Waals surface area contributed by atoms with E-state index in [9.17, 15) is 9.18 Å². The number of hydrogen-bond donors (Lipinski definition) is 2. The van der Waals surface area contributed by atoms with E-state index in [-0.39, 0.29) is 24.7 Å². The number of carbonyl (C=O) groups excluding carboxylic acids is 1. The Balaban J connectivity index is 1.94. The summed E-state index contributed by atoms with van der Waals surface area (Å²) in [5, 5.41) is 9.58. The molecule has 0 fully saturated rings. The zero-order valence-electron chi connectivity index (χ0n) is 11.0. The number of H-pyrrole nitrogens is 1. The van der Waals surface area contributed by atoms with Crippen molar-refractivity contribution in [3.8, 4) is 0 Å². The van der Waals surface area contributed by atoms with E-state index in [1.165, 1.54) is 6.07 Å². The third kappa shape index (κ3) is 3.19. The number of halogens is 1. The molecule has 0 spiro atoms. The average Bonchev–Trinajstić information content (AvgIpc) is 2.70. The van der Waals surface area contributed by atoms with Crippen molar-refractivity contribution in [2.45, 2.75) is 26.8 Å². The van der Waals surface area contributed by atoms with Crippen LogP contribution in [0.25, 0.3) is 0 Å². The first-order chi connectivity index (χ1) is 9.08. The summed E-state index contributed by atoms with van der Waals surface area (Å²) in [6, 6.07) is 6.41. The molecule has 1 heterocycles. The van der Waals surface area contributed by atoms with Crippen LogP contribution in [0, 0.1) is 19.7 Å². The van der Waals surface area contributed by atoms with Gasteiger partial charge in [0.2, 0.25) is 5.91 Å². The SMILES string of the molecule is Cc1n[nH]c(C)c1CC(=O)NCc1ccccc1F. The second kappa shape index (κ2) is 5.65. The lowest BCUT2D eigenvalue weighted by Crippen LogP contribution is -2.25. The highest BCUT2D eigenvalue weighted by atomic mass is 19.1. The lowest BCUT2D eigenvalue weighted by molar-refractivity contribution is -0.120. The Kier molecular flexibility index (Phi) is 3.94. The average molecular weight is 261 g/mol. The lowest BCUT2D eigenvalue weighted by Gasteiger charge is -2.06. The molecule has 4 nitrogen and oxygen atoms in total. The van der Waals surface area contributed by atoms with Crippen molar-refractivity contribution < 1.29 is 9.18 Å². The molecule has 0 bridgehead atoms. The van der Waals surface area contributed by atoms with Gasteiger partial charge in [0, 0.05) is 23.4 Å². The Morgan fingerprint density at radius 1 is 1.37 bits per heavy atom. The standard InChI is InChI=1S/C14H16FN3O/c1-9-12(10(2)18-17-9)7-14(19)16-8-11-5-3-4-6-13(11)15/h3-6H,7-8H2,1-2H3,(H,16,19)(H,17,18). The van der Waals surface area contributed by atoms with Gasteiger partial charge in [-0.05, 0) is 19.9 Å². The van der Waals surface area contributed by atoms with E-state index in [4.69, 9.17) is 0 Å². The molecule has 0 aliphatic rings. The van der Waals surface area contributed by atoms with E-state index in [0.29, 0.717) is 5.56 Å². The zero-order valence-corrected chi connectivity index (χ0v) is 11.0. The van der Waals surface area contributed by atoms with Crippen molar-refractivity contribution in [3.63, 3.8) is 0 Å². The van der Waals surface area contributed by atoms with Gasteiger partial charge in [0.15, 0.2) is 0 Å². The number of rotatable bonds is 4. The molecule has 1 aromatic carbocycles. The first kappa shape index (κ1) is 13.3. The molecule has 0 unspecified atom stereocenters. The van der Waals surface area contributed by atoms with Gasteiger partial charge >= 0.3 is 0 Å². The fourth-order valence-electron chi connectivity index (χ4n) is 1.89. The maximum absolute atomic E-state index is 13.4. The second-order valence-corrected chi connectivity index (χ2v) is 4.46. The summed E-state index contributed by atoms with van der Waals surface area (Å²) < 4.78 is 13.4. The minimum absolute atomic E-state index is 0.143. The van der Waals surface area contributed by atoms with Crippen molar-refractivity contribution in [2.75, 3.05) is 0 Å². The van der Waals surface area contributed by atoms with Crippen LogP contribution in [0.3, 0.4) is 0 Å². The van der Waals surface area contributed by atoms with Crippen LogP contribution in [0.5, 0.6) is 0 Å². The third-order valence-corrected chi connectivity index (χ3v) is 3.05. The Bertz CT molecular complexity index is 573.